The Morgan fingerprint density at radius 2 is 2.15 bits per heavy atom. The number of nitrogens with two attached hydrogens (primary N) is 1. The first-order valence-electron chi connectivity index (χ1n) is 9.82. The van der Waals surface area contributed by atoms with Crippen molar-refractivity contribution in [3.05, 3.63) is 29.8 Å². The molecule has 4 N–H and O–H groups in total. The number of anilines is 1. The summed E-state index contributed by atoms with van der Waals surface area (Å²) in [4.78, 5) is 18.8. The first kappa shape index (κ1) is 21.2. The van der Waals surface area contributed by atoms with Gasteiger partial charge in [0.15, 0.2) is 5.96 Å². The number of morpholine rings is 1. The lowest BCUT2D eigenvalue weighted by Gasteiger charge is -2.26. The number of guanidine groups is 1. The molecule has 0 spiro atoms. The number of amides is 1. The maximum absolute atomic E-state index is 12.0. The van der Waals surface area contributed by atoms with Crippen LogP contribution >= 0.6 is 0 Å². The van der Waals surface area contributed by atoms with Gasteiger partial charge in [-0.2, -0.15) is 0 Å². The highest BCUT2D eigenvalue weighted by Crippen LogP contribution is 2.13. The third kappa shape index (κ3) is 7.97. The number of hydrogen-bond acceptors (Lipinski definition) is 4. The van der Waals surface area contributed by atoms with E-state index >= 15 is 0 Å². The van der Waals surface area contributed by atoms with E-state index in [2.05, 4.69) is 20.5 Å². The van der Waals surface area contributed by atoms with Gasteiger partial charge in [-0.15, -0.1) is 0 Å². The Morgan fingerprint density at radius 1 is 1.37 bits per heavy atom. The number of nitrogens with one attached hydrogen (secondary N) is 2. The summed E-state index contributed by atoms with van der Waals surface area (Å²) in [5.74, 6) is 0.495. The Labute approximate surface area is 162 Å². The molecule has 1 aliphatic heterocycles. The number of aliphatic imine (C=N–C) groups is 1. The molecular weight excluding hydrogens is 342 g/mol. The standard InChI is InChI=1S/C20H33N5O2/c1-3-16(2)19(26)24-18-7-4-6-17(14-18)15-23-20(21)22-8-5-9-25-10-12-27-13-11-25/h4,6-7,14,16H,3,5,8-13,15H2,1-2H3,(H,24,26)(H3,21,22,23). The largest absolute Gasteiger partial charge is 0.379 e. The van der Waals surface area contributed by atoms with Gasteiger partial charge in [0.05, 0.1) is 19.8 Å². The van der Waals surface area contributed by atoms with Crippen molar-refractivity contribution in [3.63, 3.8) is 0 Å². The van der Waals surface area contributed by atoms with Crippen LogP contribution in [-0.4, -0.2) is 56.2 Å². The van der Waals surface area contributed by atoms with Gasteiger partial charge in [0.25, 0.3) is 0 Å². The molecule has 1 aromatic carbocycles. The maximum Gasteiger partial charge on any atom is 0.227 e. The number of nitrogens with zero attached hydrogens (tertiary/aromatic N) is 2. The van der Waals surface area contributed by atoms with E-state index in [9.17, 15) is 4.79 Å². The summed E-state index contributed by atoms with van der Waals surface area (Å²) >= 11 is 0. The van der Waals surface area contributed by atoms with Gasteiger partial charge >= 0.3 is 0 Å². The maximum atomic E-state index is 12.0. The minimum absolute atomic E-state index is 0.00369. The molecule has 2 rings (SSSR count). The zero-order chi connectivity index (χ0) is 19.5. The number of ether oxygens (including phenoxy) is 1. The Balaban J connectivity index is 1.72. The van der Waals surface area contributed by atoms with Crippen LogP contribution in [0.1, 0.15) is 32.3 Å². The summed E-state index contributed by atoms with van der Waals surface area (Å²) in [6, 6.07) is 7.73. The van der Waals surface area contributed by atoms with Crippen LogP contribution in [0.15, 0.2) is 29.3 Å². The Morgan fingerprint density at radius 3 is 2.89 bits per heavy atom. The molecule has 0 saturated carbocycles. The fraction of sp³-hybridized carbons (Fsp3) is 0.600. The fourth-order valence-electron chi connectivity index (χ4n) is 2.77. The molecule has 0 aromatic heterocycles. The summed E-state index contributed by atoms with van der Waals surface area (Å²) < 4.78 is 5.35. The number of hydrogen-bond donors (Lipinski definition) is 3. The van der Waals surface area contributed by atoms with E-state index in [0.717, 1.165) is 63.5 Å². The van der Waals surface area contributed by atoms with Gasteiger partial charge in [-0.25, -0.2) is 4.99 Å². The van der Waals surface area contributed by atoms with Gasteiger partial charge in [-0.1, -0.05) is 26.0 Å². The lowest BCUT2D eigenvalue weighted by atomic mass is 10.1. The summed E-state index contributed by atoms with van der Waals surface area (Å²) in [6.07, 6.45) is 1.84. The average molecular weight is 376 g/mol. The second kappa shape index (κ2) is 11.6. The van der Waals surface area contributed by atoms with Crippen LogP contribution in [0.25, 0.3) is 0 Å². The Bertz CT molecular complexity index is 614. The van der Waals surface area contributed by atoms with E-state index in [-0.39, 0.29) is 11.8 Å². The van der Waals surface area contributed by atoms with Crippen molar-refractivity contribution < 1.29 is 9.53 Å². The molecule has 1 heterocycles. The molecule has 0 radical (unpaired) electrons. The molecule has 1 unspecified atom stereocenters. The number of benzene rings is 1. The number of carbonyl (C=O) groups excluding carboxylic acids is 1. The predicted octanol–water partition coefficient (Wildman–Crippen LogP) is 1.80. The SMILES string of the molecule is CCC(C)C(=O)Nc1cccc(CN=C(N)NCCCN2CCOCC2)c1. The van der Waals surface area contributed by atoms with Crippen LogP contribution in [0, 0.1) is 5.92 Å². The summed E-state index contributed by atoms with van der Waals surface area (Å²) in [7, 11) is 0. The van der Waals surface area contributed by atoms with Gasteiger partial charge in [0, 0.05) is 31.2 Å². The molecule has 1 aliphatic rings. The van der Waals surface area contributed by atoms with Crippen LogP contribution in [0.4, 0.5) is 5.69 Å². The van der Waals surface area contributed by atoms with E-state index in [1.165, 1.54) is 0 Å². The first-order valence-corrected chi connectivity index (χ1v) is 9.82. The summed E-state index contributed by atoms with van der Waals surface area (Å²) in [5, 5.41) is 6.11. The van der Waals surface area contributed by atoms with Crippen LogP contribution in [0.3, 0.4) is 0 Å². The molecule has 0 aliphatic carbocycles. The zero-order valence-electron chi connectivity index (χ0n) is 16.5. The van der Waals surface area contributed by atoms with Crippen molar-refractivity contribution in [2.75, 3.05) is 44.7 Å². The molecule has 1 amide bonds. The van der Waals surface area contributed by atoms with E-state index in [0.29, 0.717) is 12.5 Å². The minimum Gasteiger partial charge on any atom is -0.379 e. The molecule has 1 aromatic rings. The fourth-order valence-corrected chi connectivity index (χ4v) is 2.77. The van der Waals surface area contributed by atoms with Crippen molar-refractivity contribution in [1.29, 1.82) is 0 Å². The van der Waals surface area contributed by atoms with Gasteiger partial charge in [0.2, 0.25) is 5.91 Å². The lowest BCUT2D eigenvalue weighted by Crippen LogP contribution is -2.39. The highest BCUT2D eigenvalue weighted by atomic mass is 16.5. The van der Waals surface area contributed by atoms with Crippen LogP contribution in [0.5, 0.6) is 0 Å². The second-order valence-electron chi connectivity index (χ2n) is 6.93. The predicted molar refractivity (Wildman–Crippen MR) is 110 cm³/mol. The van der Waals surface area contributed by atoms with Crippen LogP contribution in [-0.2, 0) is 16.1 Å². The number of carbonyl (C=O) groups is 1. The Hall–Kier alpha value is -2.12. The molecule has 27 heavy (non-hydrogen) atoms. The molecule has 7 heteroatoms. The zero-order valence-corrected chi connectivity index (χ0v) is 16.5. The summed E-state index contributed by atoms with van der Waals surface area (Å²) in [5.41, 5.74) is 7.76. The van der Waals surface area contributed by atoms with E-state index in [1.807, 2.05) is 38.1 Å². The first-order chi connectivity index (χ1) is 13.1. The second-order valence-corrected chi connectivity index (χ2v) is 6.93. The monoisotopic (exact) mass is 375 g/mol. The average Bonchev–Trinajstić information content (AvgIpc) is 2.70. The van der Waals surface area contributed by atoms with Crippen molar-refractivity contribution in [3.8, 4) is 0 Å². The van der Waals surface area contributed by atoms with Crippen LogP contribution in [0.2, 0.25) is 0 Å². The number of rotatable bonds is 9. The van der Waals surface area contributed by atoms with E-state index in [4.69, 9.17) is 10.5 Å². The van der Waals surface area contributed by atoms with Crippen molar-refractivity contribution in [2.45, 2.75) is 33.2 Å². The third-order valence-corrected chi connectivity index (χ3v) is 4.75. The molecule has 1 fully saturated rings. The Kier molecular flexibility index (Phi) is 9.07. The highest BCUT2D eigenvalue weighted by Gasteiger charge is 2.11. The topological polar surface area (TPSA) is 92.0 Å². The minimum atomic E-state index is 0.00369. The molecular formula is C20H33N5O2. The summed E-state index contributed by atoms with van der Waals surface area (Å²) in [6.45, 7) is 9.93. The highest BCUT2D eigenvalue weighted by molar-refractivity contribution is 5.92. The van der Waals surface area contributed by atoms with Gasteiger partial charge < -0.3 is 21.1 Å². The third-order valence-electron chi connectivity index (χ3n) is 4.75. The van der Waals surface area contributed by atoms with Gasteiger partial charge in [0.1, 0.15) is 0 Å². The lowest BCUT2D eigenvalue weighted by molar-refractivity contribution is -0.119. The smallest absolute Gasteiger partial charge is 0.227 e. The molecule has 1 atom stereocenters. The normalized spacial score (nSPS) is 16.7. The molecule has 150 valence electrons. The van der Waals surface area contributed by atoms with Crippen molar-refractivity contribution >= 4 is 17.6 Å². The van der Waals surface area contributed by atoms with Crippen molar-refractivity contribution in [2.24, 2.45) is 16.6 Å². The quantitative estimate of drug-likeness (QED) is 0.348. The van der Waals surface area contributed by atoms with E-state index in [1.54, 1.807) is 0 Å². The van der Waals surface area contributed by atoms with Crippen LogP contribution < -0.4 is 16.4 Å². The molecule has 7 nitrogen and oxygen atoms in total. The van der Waals surface area contributed by atoms with Gasteiger partial charge in [-0.3, -0.25) is 9.69 Å². The van der Waals surface area contributed by atoms with Crippen molar-refractivity contribution in [1.82, 2.24) is 10.2 Å². The van der Waals surface area contributed by atoms with Gasteiger partial charge in [-0.05, 0) is 37.1 Å². The van der Waals surface area contributed by atoms with E-state index < -0.39 is 0 Å². The molecule has 1 saturated heterocycles. The molecule has 0 bridgehead atoms.